The van der Waals surface area contributed by atoms with Crippen molar-refractivity contribution >= 4 is 8.80 Å². The van der Waals surface area contributed by atoms with E-state index in [-0.39, 0.29) is 0 Å². The van der Waals surface area contributed by atoms with Gasteiger partial charge in [0.1, 0.15) is 0 Å². The quantitative estimate of drug-likeness (QED) is 0.166. The fraction of sp³-hybridized carbons (Fsp3) is 1.00. The Morgan fingerprint density at radius 3 is 1.52 bits per heavy atom. The van der Waals surface area contributed by atoms with Gasteiger partial charge in [-0.05, 0) is 26.2 Å². The zero-order valence-corrected chi connectivity index (χ0v) is 20.5. The molecule has 0 aromatic rings. The van der Waals surface area contributed by atoms with Crippen LogP contribution in [0.3, 0.4) is 0 Å². The summed E-state index contributed by atoms with van der Waals surface area (Å²) in [6, 6.07) is 1.49. The molecule has 2 atom stereocenters. The van der Waals surface area contributed by atoms with Crippen LogP contribution in [0.25, 0.3) is 0 Å². The van der Waals surface area contributed by atoms with Crippen molar-refractivity contribution in [2.45, 2.75) is 154 Å². The molecule has 0 radical (unpaired) electrons. The molecule has 1 aliphatic heterocycles. The van der Waals surface area contributed by atoms with Gasteiger partial charge in [-0.1, -0.05) is 122 Å². The van der Waals surface area contributed by atoms with Crippen LogP contribution in [0.15, 0.2) is 0 Å². The molecule has 0 aliphatic carbocycles. The molecule has 1 heterocycles. The van der Waals surface area contributed by atoms with Crippen LogP contribution in [0.5, 0.6) is 0 Å². The second-order valence-corrected chi connectivity index (χ2v) is 13.2. The maximum atomic E-state index is 6.17. The van der Waals surface area contributed by atoms with Gasteiger partial charge in [-0.25, -0.2) is 0 Å². The van der Waals surface area contributed by atoms with Crippen molar-refractivity contribution in [2.75, 3.05) is 6.61 Å². The Morgan fingerprint density at radius 2 is 1.11 bits per heavy atom. The van der Waals surface area contributed by atoms with Crippen molar-refractivity contribution in [1.29, 1.82) is 0 Å². The van der Waals surface area contributed by atoms with E-state index in [1.165, 1.54) is 128 Å². The first-order valence-electron chi connectivity index (χ1n) is 12.8. The Balaban J connectivity index is 1.78. The molecule has 0 N–H and O–H groups in total. The van der Waals surface area contributed by atoms with Crippen LogP contribution >= 0.6 is 0 Å². The lowest BCUT2D eigenvalue weighted by Crippen LogP contribution is -2.46. The first-order valence-corrected chi connectivity index (χ1v) is 15.4. The highest BCUT2D eigenvalue weighted by Gasteiger charge is 2.34. The minimum atomic E-state index is -0.714. The van der Waals surface area contributed by atoms with Crippen molar-refractivity contribution in [3.63, 3.8) is 0 Å². The Kier molecular flexibility index (Phi) is 15.9. The molecule has 2 heteroatoms. The van der Waals surface area contributed by atoms with E-state index in [9.17, 15) is 0 Å². The average Bonchev–Trinajstić information content (AvgIpc) is 2.68. The standard InChI is InChI=1S/C25H52OSi/c1-4-5-6-7-8-9-10-11-12-13-14-15-16-17-18-21-24-27(3)25(2)22-19-20-23-26-25/h27H,4-24H2,1-3H3. The predicted molar refractivity (Wildman–Crippen MR) is 126 cm³/mol. The minimum absolute atomic E-state index is 0.313. The van der Waals surface area contributed by atoms with Crippen LogP contribution in [-0.2, 0) is 4.74 Å². The number of ether oxygens (including phenoxy) is 1. The molecule has 0 bridgehead atoms. The van der Waals surface area contributed by atoms with Crippen molar-refractivity contribution in [3.05, 3.63) is 0 Å². The summed E-state index contributed by atoms with van der Waals surface area (Å²) in [5, 5.41) is 0.313. The van der Waals surface area contributed by atoms with Gasteiger partial charge in [0.2, 0.25) is 0 Å². The third-order valence-corrected chi connectivity index (χ3v) is 10.8. The number of unbranched alkanes of at least 4 members (excludes halogenated alkanes) is 15. The van der Waals surface area contributed by atoms with Crippen LogP contribution in [0, 0.1) is 0 Å². The van der Waals surface area contributed by atoms with Gasteiger partial charge in [-0.2, -0.15) is 0 Å². The summed E-state index contributed by atoms with van der Waals surface area (Å²) in [5.74, 6) is 0. The normalized spacial score (nSPS) is 21.4. The maximum Gasteiger partial charge on any atom is 0.0722 e. The first kappa shape index (κ1) is 25.2. The summed E-state index contributed by atoms with van der Waals surface area (Å²) >= 11 is 0. The molecule has 0 saturated carbocycles. The van der Waals surface area contributed by atoms with Gasteiger partial charge in [0.15, 0.2) is 0 Å². The molecule has 1 aliphatic rings. The number of hydrogen-bond acceptors (Lipinski definition) is 1. The summed E-state index contributed by atoms with van der Waals surface area (Å²) in [4.78, 5) is 0. The maximum absolute atomic E-state index is 6.17. The van der Waals surface area contributed by atoms with E-state index in [1.54, 1.807) is 0 Å². The monoisotopic (exact) mass is 396 g/mol. The van der Waals surface area contributed by atoms with Gasteiger partial charge >= 0.3 is 0 Å². The molecule has 0 aromatic heterocycles. The van der Waals surface area contributed by atoms with Crippen molar-refractivity contribution in [1.82, 2.24) is 0 Å². The lowest BCUT2D eigenvalue weighted by molar-refractivity contribution is -0.0102. The summed E-state index contributed by atoms with van der Waals surface area (Å²) in [6.07, 6.45) is 27.5. The highest BCUT2D eigenvalue weighted by atomic mass is 28.3. The predicted octanol–water partition coefficient (Wildman–Crippen LogP) is 8.60. The van der Waals surface area contributed by atoms with Crippen LogP contribution in [0.1, 0.15) is 136 Å². The zero-order valence-electron chi connectivity index (χ0n) is 19.3. The Hall–Kier alpha value is 0.177. The highest BCUT2D eigenvalue weighted by molar-refractivity contribution is 6.60. The number of hydrogen-bond donors (Lipinski definition) is 0. The Morgan fingerprint density at radius 1 is 0.667 bits per heavy atom. The molecule has 2 unspecified atom stereocenters. The summed E-state index contributed by atoms with van der Waals surface area (Å²) in [5.41, 5.74) is 0. The van der Waals surface area contributed by atoms with Gasteiger partial charge in [-0.15, -0.1) is 0 Å². The van der Waals surface area contributed by atoms with Crippen LogP contribution < -0.4 is 0 Å². The molecule has 0 aromatic carbocycles. The molecular formula is C25H52OSi. The molecular weight excluding hydrogens is 344 g/mol. The largest absolute Gasteiger partial charge is 0.379 e. The number of rotatable bonds is 18. The molecule has 0 spiro atoms. The fourth-order valence-electron chi connectivity index (χ4n) is 4.65. The van der Waals surface area contributed by atoms with E-state index < -0.39 is 8.80 Å². The van der Waals surface area contributed by atoms with Crippen LogP contribution in [-0.4, -0.2) is 20.6 Å². The molecule has 162 valence electrons. The van der Waals surface area contributed by atoms with Gasteiger partial charge in [-0.3, -0.25) is 0 Å². The van der Waals surface area contributed by atoms with E-state index in [0.717, 1.165) is 6.61 Å². The van der Waals surface area contributed by atoms with Gasteiger partial charge in [0, 0.05) is 6.61 Å². The van der Waals surface area contributed by atoms with Gasteiger partial charge in [0.05, 0.1) is 14.0 Å². The van der Waals surface area contributed by atoms with Crippen molar-refractivity contribution in [2.24, 2.45) is 0 Å². The van der Waals surface area contributed by atoms with Crippen molar-refractivity contribution < 1.29 is 4.74 Å². The summed E-state index contributed by atoms with van der Waals surface area (Å²) in [7, 11) is -0.714. The van der Waals surface area contributed by atoms with E-state index >= 15 is 0 Å². The molecule has 1 saturated heterocycles. The van der Waals surface area contributed by atoms with Crippen molar-refractivity contribution in [3.8, 4) is 0 Å². The van der Waals surface area contributed by atoms with E-state index in [1.807, 2.05) is 0 Å². The minimum Gasteiger partial charge on any atom is -0.379 e. The molecule has 1 fully saturated rings. The lowest BCUT2D eigenvalue weighted by Gasteiger charge is -2.38. The van der Waals surface area contributed by atoms with E-state index in [2.05, 4.69) is 20.4 Å². The molecule has 1 rings (SSSR count). The topological polar surface area (TPSA) is 9.23 Å². The Labute approximate surface area is 174 Å². The van der Waals surface area contributed by atoms with Crippen LogP contribution in [0.4, 0.5) is 0 Å². The van der Waals surface area contributed by atoms with Crippen LogP contribution in [0.2, 0.25) is 12.6 Å². The SMILES string of the molecule is CCCCCCCCCCCCCCCCCC[SiH](C)C1(C)CCCCO1. The summed E-state index contributed by atoms with van der Waals surface area (Å²) < 4.78 is 6.17. The molecule has 27 heavy (non-hydrogen) atoms. The molecule has 1 nitrogen and oxygen atoms in total. The van der Waals surface area contributed by atoms with Gasteiger partial charge < -0.3 is 4.74 Å². The highest BCUT2D eigenvalue weighted by Crippen LogP contribution is 2.29. The van der Waals surface area contributed by atoms with E-state index in [4.69, 9.17) is 4.74 Å². The fourth-order valence-corrected chi connectivity index (χ4v) is 7.26. The Bertz CT molecular complexity index is 311. The second kappa shape index (κ2) is 17.1. The summed E-state index contributed by atoms with van der Waals surface area (Å²) in [6.45, 7) is 8.29. The lowest BCUT2D eigenvalue weighted by atomic mass is 10.0. The smallest absolute Gasteiger partial charge is 0.0722 e. The second-order valence-electron chi connectivity index (χ2n) is 9.61. The third-order valence-electron chi connectivity index (χ3n) is 7.03. The first-order chi connectivity index (χ1) is 13.2. The van der Waals surface area contributed by atoms with E-state index in [0.29, 0.717) is 5.22 Å². The van der Waals surface area contributed by atoms with Gasteiger partial charge in [0.25, 0.3) is 0 Å². The molecule has 0 amide bonds. The third kappa shape index (κ3) is 13.1. The zero-order chi connectivity index (χ0) is 19.6. The average molecular weight is 397 g/mol.